The van der Waals surface area contributed by atoms with Crippen LogP contribution < -0.4 is 21.1 Å². The van der Waals surface area contributed by atoms with Gasteiger partial charge in [-0.3, -0.25) is 4.55 Å². The standard InChI is InChI=1S/C12H16N6O4S.O3S/c1-7(13)14-10-16-11(18-12(17-10)22-2)15-8-4-3-5-9(6-8)23(19,20)21;1-4(2)3/h3-7H,13H2,1-2H3,(H,19,20,21)(H2,14,15,16,17,18);. The van der Waals surface area contributed by atoms with E-state index in [9.17, 15) is 8.42 Å². The van der Waals surface area contributed by atoms with Gasteiger partial charge in [0, 0.05) is 5.69 Å². The molecule has 0 amide bonds. The van der Waals surface area contributed by atoms with Crippen molar-refractivity contribution < 1.29 is 30.3 Å². The highest BCUT2D eigenvalue weighted by molar-refractivity contribution is 7.85. The Balaban J connectivity index is 0.000000828. The molecule has 148 valence electrons. The number of ether oxygens (including phenoxy) is 1. The number of anilines is 3. The van der Waals surface area contributed by atoms with Gasteiger partial charge >= 0.3 is 16.6 Å². The Bertz CT molecular complexity index is 989. The van der Waals surface area contributed by atoms with Crippen LogP contribution in [0.5, 0.6) is 6.01 Å². The second-order valence-electron chi connectivity index (χ2n) is 4.73. The summed E-state index contributed by atoms with van der Waals surface area (Å²) in [5, 5.41) is 5.61. The SMILES string of the molecule is COc1nc(Nc2cccc(S(=O)(=O)O)c2)nc(NC(C)N)n1.O=S(=O)=O. The summed E-state index contributed by atoms with van der Waals surface area (Å²) in [4.78, 5) is 11.8. The Kier molecular flexibility index (Phi) is 7.98. The van der Waals surface area contributed by atoms with Crippen molar-refractivity contribution >= 4 is 38.3 Å². The highest BCUT2D eigenvalue weighted by Crippen LogP contribution is 2.19. The first-order chi connectivity index (χ1) is 12.5. The molecule has 0 fully saturated rings. The average Bonchev–Trinajstić information content (AvgIpc) is 2.53. The van der Waals surface area contributed by atoms with Gasteiger partial charge < -0.3 is 21.1 Å². The van der Waals surface area contributed by atoms with Gasteiger partial charge in [-0.15, -0.1) is 12.6 Å². The fourth-order valence-corrected chi connectivity index (χ4v) is 2.16. The molecule has 0 aliphatic carbocycles. The molecule has 2 aromatic rings. The minimum Gasteiger partial charge on any atom is -0.467 e. The molecule has 0 spiro atoms. The smallest absolute Gasteiger partial charge is 0.425 e. The van der Waals surface area contributed by atoms with Gasteiger partial charge in [0.2, 0.25) is 11.9 Å². The molecule has 5 N–H and O–H groups in total. The van der Waals surface area contributed by atoms with Crippen LogP contribution in [-0.4, -0.2) is 53.8 Å². The molecule has 0 aliphatic rings. The Morgan fingerprint density at radius 3 is 2.30 bits per heavy atom. The minimum absolute atomic E-state index is 0.0524. The molecular weight excluding hydrogens is 404 g/mol. The maximum Gasteiger partial charge on any atom is 0.425 e. The van der Waals surface area contributed by atoms with E-state index in [1.807, 2.05) is 0 Å². The lowest BCUT2D eigenvalue weighted by atomic mass is 10.3. The van der Waals surface area contributed by atoms with Crippen molar-refractivity contribution in [2.75, 3.05) is 17.7 Å². The summed E-state index contributed by atoms with van der Waals surface area (Å²) >= 11 is 0. The number of hydrogen-bond donors (Lipinski definition) is 4. The topological polar surface area (TPSA) is 204 Å². The highest BCUT2D eigenvalue weighted by atomic mass is 32.2. The molecule has 0 saturated heterocycles. The van der Waals surface area contributed by atoms with Gasteiger partial charge in [0.1, 0.15) is 0 Å². The predicted octanol–water partition coefficient (Wildman–Crippen LogP) is -0.417. The van der Waals surface area contributed by atoms with E-state index in [1.165, 1.54) is 25.3 Å². The third kappa shape index (κ3) is 8.36. The second-order valence-corrected chi connectivity index (χ2v) is 6.56. The van der Waals surface area contributed by atoms with Crippen molar-refractivity contribution in [1.29, 1.82) is 0 Å². The molecule has 1 aromatic heterocycles. The van der Waals surface area contributed by atoms with Crippen LogP contribution in [-0.2, 0) is 20.7 Å². The van der Waals surface area contributed by atoms with E-state index >= 15 is 0 Å². The summed E-state index contributed by atoms with van der Waals surface area (Å²) in [5.41, 5.74) is 5.98. The minimum atomic E-state index is -4.30. The molecule has 15 heteroatoms. The Labute approximate surface area is 155 Å². The van der Waals surface area contributed by atoms with Crippen LogP contribution in [0, 0.1) is 0 Å². The van der Waals surface area contributed by atoms with Gasteiger partial charge in [-0.1, -0.05) is 6.07 Å². The fourth-order valence-electron chi connectivity index (χ4n) is 1.64. The zero-order chi connectivity index (χ0) is 20.6. The van der Waals surface area contributed by atoms with Crippen molar-refractivity contribution in [2.24, 2.45) is 5.73 Å². The summed E-state index contributed by atoms with van der Waals surface area (Å²) in [6, 6.07) is 5.60. The van der Waals surface area contributed by atoms with Crippen LogP contribution in [0.2, 0.25) is 0 Å². The first-order valence-electron chi connectivity index (χ1n) is 6.94. The van der Waals surface area contributed by atoms with Crippen LogP contribution in [0.25, 0.3) is 0 Å². The van der Waals surface area contributed by atoms with Gasteiger partial charge in [0.25, 0.3) is 10.1 Å². The summed E-state index contributed by atoms with van der Waals surface area (Å²) in [5.74, 6) is 0.313. The van der Waals surface area contributed by atoms with Crippen LogP contribution in [0.15, 0.2) is 29.2 Å². The Hall–Kier alpha value is -2.88. The van der Waals surface area contributed by atoms with Crippen LogP contribution >= 0.6 is 0 Å². The lowest BCUT2D eigenvalue weighted by Gasteiger charge is -2.11. The molecule has 2 rings (SSSR count). The lowest BCUT2D eigenvalue weighted by molar-refractivity contribution is 0.379. The molecule has 13 nitrogen and oxygen atoms in total. The van der Waals surface area contributed by atoms with Crippen molar-refractivity contribution in [2.45, 2.75) is 18.0 Å². The van der Waals surface area contributed by atoms with Gasteiger partial charge in [0.15, 0.2) is 0 Å². The molecule has 27 heavy (non-hydrogen) atoms. The number of hydrogen-bond acceptors (Lipinski definition) is 12. The molecule has 0 saturated carbocycles. The van der Waals surface area contributed by atoms with E-state index in [4.69, 9.17) is 27.6 Å². The first kappa shape index (κ1) is 22.2. The molecule has 1 heterocycles. The van der Waals surface area contributed by atoms with Gasteiger partial charge in [-0.05, 0) is 25.1 Å². The second kappa shape index (κ2) is 9.72. The van der Waals surface area contributed by atoms with Gasteiger partial charge in [-0.2, -0.15) is 23.4 Å². The fraction of sp³-hybridized carbons (Fsp3) is 0.250. The number of benzene rings is 1. The van der Waals surface area contributed by atoms with Crippen molar-refractivity contribution in [3.8, 4) is 6.01 Å². The largest absolute Gasteiger partial charge is 0.467 e. The predicted molar refractivity (Wildman–Crippen MR) is 92.9 cm³/mol. The van der Waals surface area contributed by atoms with Gasteiger partial charge in [-0.25, -0.2) is 0 Å². The van der Waals surface area contributed by atoms with Crippen LogP contribution in [0.4, 0.5) is 17.6 Å². The van der Waals surface area contributed by atoms with E-state index in [-0.39, 0.29) is 22.8 Å². The number of nitrogens with one attached hydrogen (secondary N) is 2. The third-order valence-corrected chi connectivity index (χ3v) is 3.39. The zero-order valence-electron chi connectivity index (χ0n) is 14.0. The maximum absolute atomic E-state index is 11.2. The number of nitrogens with zero attached hydrogens (tertiary/aromatic N) is 3. The van der Waals surface area contributed by atoms with Gasteiger partial charge in [0.05, 0.1) is 18.2 Å². The monoisotopic (exact) mass is 420 g/mol. The molecule has 1 unspecified atom stereocenters. The van der Waals surface area contributed by atoms with Crippen molar-refractivity contribution in [3.05, 3.63) is 24.3 Å². The molecule has 1 atom stereocenters. The average molecular weight is 420 g/mol. The highest BCUT2D eigenvalue weighted by Gasteiger charge is 2.12. The number of nitrogens with two attached hydrogens (primary N) is 1. The van der Waals surface area contributed by atoms with Crippen LogP contribution in [0.3, 0.4) is 0 Å². The molecule has 0 bridgehead atoms. The maximum atomic E-state index is 11.2. The van der Waals surface area contributed by atoms with Crippen molar-refractivity contribution in [1.82, 2.24) is 15.0 Å². The summed E-state index contributed by atoms with van der Waals surface area (Å²) in [6.07, 6.45) is -0.391. The number of rotatable bonds is 6. The Morgan fingerprint density at radius 1 is 1.19 bits per heavy atom. The first-order valence-corrected chi connectivity index (χ1v) is 9.38. The third-order valence-electron chi connectivity index (χ3n) is 2.54. The summed E-state index contributed by atoms with van der Waals surface area (Å²) in [7, 11) is -6.02. The van der Waals surface area contributed by atoms with E-state index in [2.05, 4.69) is 25.6 Å². The molecule has 1 aromatic carbocycles. The van der Waals surface area contributed by atoms with Crippen LogP contribution in [0.1, 0.15) is 6.92 Å². The number of aromatic nitrogens is 3. The number of methoxy groups -OCH3 is 1. The summed E-state index contributed by atoms with van der Waals surface area (Å²) < 4.78 is 61.7. The zero-order valence-corrected chi connectivity index (χ0v) is 15.7. The lowest BCUT2D eigenvalue weighted by Crippen LogP contribution is -2.26. The molecule has 0 aliphatic heterocycles. The van der Waals surface area contributed by atoms with E-state index in [1.54, 1.807) is 13.0 Å². The quantitative estimate of drug-likeness (QED) is 0.347. The van der Waals surface area contributed by atoms with E-state index in [0.717, 1.165) is 0 Å². The molecule has 0 radical (unpaired) electrons. The van der Waals surface area contributed by atoms with Crippen molar-refractivity contribution in [3.63, 3.8) is 0 Å². The van der Waals surface area contributed by atoms with E-state index in [0.29, 0.717) is 5.69 Å². The summed E-state index contributed by atoms with van der Waals surface area (Å²) in [6.45, 7) is 1.71. The normalized spacial score (nSPS) is 11.6. The molecular formula is C12H16N6O7S2. The van der Waals surface area contributed by atoms with E-state index < -0.39 is 26.9 Å². The Morgan fingerprint density at radius 2 is 1.78 bits per heavy atom.